The molecule has 6 nitrogen and oxygen atoms in total. The highest BCUT2D eigenvalue weighted by molar-refractivity contribution is 7.92. The summed E-state index contributed by atoms with van der Waals surface area (Å²) in [5.74, 6) is 0. The maximum Gasteiger partial charge on any atom is 0.261 e. The van der Waals surface area contributed by atoms with E-state index in [4.69, 9.17) is 0 Å². The fourth-order valence-electron chi connectivity index (χ4n) is 2.59. The van der Waals surface area contributed by atoms with Crippen LogP contribution in [0.2, 0.25) is 0 Å². The number of aryl methyl sites for hydroxylation is 2. The molecular formula is C15H16N2O4S2. The zero-order valence-electron chi connectivity index (χ0n) is 12.5. The molecule has 0 atom stereocenters. The first-order chi connectivity index (χ1) is 10.8. The number of hydrogen-bond acceptors (Lipinski definition) is 5. The minimum Gasteiger partial charge on any atom is -0.278 e. The van der Waals surface area contributed by atoms with Crippen LogP contribution in [0.1, 0.15) is 17.5 Å². The Labute approximate surface area is 135 Å². The third kappa shape index (κ3) is 3.37. The highest BCUT2D eigenvalue weighted by Crippen LogP contribution is 2.25. The van der Waals surface area contributed by atoms with Crippen LogP contribution in [-0.2, 0) is 32.7 Å². The maximum atomic E-state index is 12.4. The average Bonchev–Trinajstić information content (AvgIpc) is 2.93. The highest BCUT2D eigenvalue weighted by Gasteiger charge is 2.19. The fraction of sp³-hybridized carbons (Fsp3) is 0.267. The Morgan fingerprint density at radius 1 is 1.00 bits per heavy atom. The molecule has 122 valence electrons. The van der Waals surface area contributed by atoms with E-state index in [1.807, 2.05) is 6.07 Å². The smallest absolute Gasteiger partial charge is 0.261 e. The van der Waals surface area contributed by atoms with Gasteiger partial charge in [-0.15, -0.1) is 0 Å². The predicted molar refractivity (Wildman–Crippen MR) is 86.6 cm³/mol. The first kappa shape index (κ1) is 15.9. The summed E-state index contributed by atoms with van der Waals surface area (Å²) in [6.45, 7) is 0. The largest absolute Gasteiger partial charge is 0.278 e. The minimum absolute atomic E-state index is 0.0991. The van der Waals surface area contributed by atoms with Gasteiger partial charge in [0.25, 0.3) is 10.0 Å². The quantitative estimate of drug-likeness (QED) is 0.905. The molecule has 2 aromatic rings. The van der Waals surface area contributed by atoms with E-state index in [9.17, 15) is 16.8 Å². The molecule has 1 aliphatic carbocycles. The van der Waals surface area contributed by atoms with E-state index in [0.29, 0.717) is 0 Å². The summed E-state index contributed by atoms with van der Waals surface area (Å²) in [6, 6.07) is 7.79. The topological polar surface area (TPSA) is 93.2 Å². The van der Waals surface area contributed by atoms with E-state index in [2.05, 4.69) is 9.71 Å². The Morgan fingerprint density at radius 2 is 1.74 bits per heavy atom. The van der Waals surface area contributed by atoms with E-state index < -0.39 is 19.9 Å². The van der Waals surface area contributed by atoms with Crippen LogP contribution in [0.25, 0.3) is 0 Å². The molecule has 23 heavy (non-hydrogen) atoms. The number of fused-ring (bicyclic) bond motifs is 1. The first-order valence-corrected chi connectivity index (χ1v) is 10.4. The van der Waals surface area contributed by atoms with Crippen LogP contribution in [0.5, 0.6) is 0 Å². The molecule has 1 aromatic heterocycles. The SMILES string of the molecule is CS(=O)(=O)c1ccc(NS(=O)(=O)c2ccc3c(c2)CCC3)cn1. The Bertz CT molecular complexity index is 949. The van der Waals surface area contributed by atoms with Gasteiger partial charge in [-0.1, -0.05) is 6.07 Å². The number of benzene rings is 1. The molecule has 3 rings (SSSR count). The summed E-state index contributed by atoms with van der Waals surface area (Å²) >= 11 is 0. The van der Waals surface area contributed by atoms with Gasteiger partial charge in [-0.3, -0.25) is 4.72 Å². The summed E-state index contributed by atoms with van der Waals surface area (Å²) in [5, 5.41) is -0.0991. The van der Waals surface area contributed by atoms with Crippen LogP contribution in [-0.4, -0.2) is 28.1 Å². The molecule has 0 aliphatic heterocycles. The molecule has 0 unspecified atom stereocenters. The lowest BCUT2D eigenvalue weighted by atomic mass is 10.1. The van der Waals surface area contributed by atoms with Crippen LogP contribution < -0.4 is 4.72 Å². The van der Waals surface area contributed by atoms with Gasteiger partial charge >= 0.3 is 0 Å². The second-order valence-corrected chi connectivity index (χ2v) is 9.19. The number of nitrogens with one attached hydrogen (secondary N) is 1. The number of aromatic nitrogens is 1. The van der Waals surface area contributed by atoms with Gasteiger partial charge in [0.2, 0.25) is 0 Å². The van der Waals surface area contributed by atoms with Crippen molar-refractivity contribution in [2.75, 3.05) is 11.0 Å². The normalized spacial score (nSPS) is 14.5. The van der Waals surface area contributed by atoms with Crippen LogP contribution >= 0.6 is 0 Å². The summed E-state index contributed by atoms with van der Waals surface area (Å²) in [4.78, 5) is 3.97. The predicted octanol–water partition coefficient (Wildman–Crippen LogP) is 1.77. The van der Waals surface area contributed by atoms with Crippen molar-refractivity contribution in [3.8, 4) is 0 Å². The van der Waals surface area contributed by atoms with E-state index in [-0.39, 0.29) is 15.6 Å². The molecule has 0 spiro atoms. The molecule has 0 amide bonds. The summed E-state index contributed by atoms with van der Waals surface area (Å²) < 4.78 is 50.0. The van der Waals surface area contributed by atoms with Crippen molar-refractivity contribution in [3.63, 3.8) is 0 Å². The molecule has 0 saturated heterocycles. The third-order valence-electron chi connectivity index (χ3n) is 3.75. The van der Waals surface area contributed by atoms with Crippen molar-refractivity contribution in [2.45, 2.75) is 29.2 Å². The first-order valence-electron chi connectivity index (χ1n) is 7.06. The molecular weight excluding hydrogens is 336 g/mol. The average molecular weight is 352 g/mol. The van der Waals surface area contributed by atoms with E-state index >= 15 is 0 Å². The molecule has 1 N–H and O–H groups in total. The van der Waals surface area contributed by atoms with Crippen molar-refractivity contribution in [2.24, 2.45) is 0 Å². The summed E-state index contributed by atoms with van der Waals surface area (Å²) in [5.41, 5.74) is 2.49. The Morgan fingerprint density at radius 3 is 2.39 bits per heavy atom. The zero-order valence-corrected chi connectivity index (χ0v) is 14.1. The minimum atomic E-state index is -3.72. The number of sulfonamides is 1. The van der Waals surface area contributed by atoms with Crippen molar-refractivity contribution < 1.29 is 16.8 Å². The molecule has 1 aliphatic rings. The monoisotopic (exact) mass is 352 g/mol. The molecule has 8 heteroatoms. The number of hydrogen-bond donors (Lipinski definition) is 1. The molecule has 1 aromatic carbocycles. The van der Waals surface area contributed by atoms with Crippen LogP contribution in [0, 0.1) is 0 Å². The second kappa shape index (κ2) is 5.61. The van der Waals surface area contributed by atoms with Gasteiger partial charge in [-0.05, 0) is 54.7 Å². The zero-order chi connectivity index (χ0) is 16.7. The van der Waals surface area contributed by atoms with Gasteiger partial charge in [0.1, 0.15) is 0 Å². The van der Waals surface area contributed by atoms with E-state index in [0.717, 1.165) is 31.1 Å². The molecule has 0 bridgehead atoms. The third-order valence-corrected chi connectivity index (χ3v) is 6.13. The summed E-state index contributed by atoms with van der Waals surface area (Å²) in [7, 11) is -7.13. The maximum absolute atomic E-state index is 12.4. The van der Waals surface area contributed by atoms with Crippen molar-refractivity contribution >= 4 is 25.5 Å². The second-order valence-electron chi connectivity index (χ2n) is 5.55. The number of sulfone groups is 1. The van der Waals surface area contributed by atoms with Gasteiger partial charge in [0.05, 0.1) is 16.8 Å². The number of pyridine rings is 1. The lowest BCUT2D eigenvalue weighted by Gasteiger charge is -2.09. The van der Waals surface area contributed by atoms with Crippen LogP contribution in [0.4, 0.5) is 5.69 Å². The number of nitrogens with zero attached hydrogens (tertiary/aromatic N) is 1. The van der Waals surface area contributed by atoms with Gasteiger partial charge in [0, 0.05) is 6.26 Å². The van der Waals surface area contributed by atoms with Gasteiger partial charge < -0.3 is 0 Å². The van der Waals surface area contributed by atoms with Crippen LogP contribution in [0.3, 0.4) is 0 Å². The van der Waals surface area contributed by atoms with Gasteiger partial charge in [-0.25, -0.2) is 21.8 Å². The number of rotatable bonds is 4. The van der Waals surface area contributed by atoms with Gasteiger partial charge in [-0.2, -0.15) is 0 Å². The van der Waals surface area contributed by atoms with Crippen molar-refractivity contribution in [3.05, 3.63) is 47.7 Å². The Kier molecular flexibility index (Phi) is 3.89. The Balaban J connectivity index is 1.86. The summed E-state index contributed by atoms with van der Waals surface area (Å²) in [6.07, 6.45) is 5.16. The van der Waals surface area contributed by atoms with E-state index in [1.54, 1.807) is 12.1 Å². The Hall–Kier alpha value is -1.93. The van der Waals surface area contributed by atoms with E-state index in [1.165, 1.54) is 23.9 Å². The van der Waals surface area contributed by atoms with Gasteiger partial charge in [0.15, 0.2) is 14.9 Å². The molecule has 1 heterocycles. The highest BCUT2D eigenvalue weighted by atomic mass is 32.2. The molecule has 0 saturated carbocycles. The fourth-order valence-corrected chi connectivity index (χ4v) is 4.24. The van der Waals surface area contributed by atoms with Crippen LogP contribution in [0.15, 0.2) is 46.5 Å². The van der Waals surface area contributed by atoms with Crippen molar-refractivity contribution in [1.29, 1.82) is 0 Å². The lowest BCUT2D eigenvalue weighted by molar-refractivity contribution is 0.598. The van der Waals surface area contributed by atoms with Crippen molar-refractivity contribution in [1.82, 2.24) is 4.98 Å². The lowest BCUT2D eigenvalue weighted by Crippen LogP contribution is -2.13. The molecule has 0 radical (unpaired) electrons. The standard InChI is InChI=1S/C15H16N2O4S2/c1-22(18,19)15-8-6-13(10-16-15)17-23(20,21)14-7-5-11-3-2-4-12(11)9-14/h5-10,17H,2-4H2,1H3. The number of anilines is 1. The molecule has 0 fully saturated rings.